The zero-order valence-electron chi connectivity index (χ0n) is 6.91. The third kappa shape index (κ3) is 4.29. The zero-order chi connectivity index (χ0) is 9.90. The van der Waals surface area contributed by atoms with Gasteiger partial charge < -0.3 is 10.5 Å². The molecule has 3 nitrogen and oxygen atoms in total. The highest BCUT2D eigenvalue weighted by molar-refractivity contribution is 5.85. The van der Waals surface area contributed by atoms with E-state index in [2.05, 4.69) is 9.72 Å². The van der Waals surface area contributed by atoms with Crippen molar-refractivity contribution in [2.24, 2.45) is 5.73 Å². The summed E-state index contributed by atoms with van der Waals surface area (Å²) in [5.41, 5.74) is 5.69. The van der Waals surface area contributed by atoms with Gasteiger partial charge in [0.05, 0.1) is 6.20 Å². The molecule has 0 aromatic carbocycles. The fraction of sp³-hybridized carbons (Fsp3) is 0.286. The van der Waals surface area contributed by atoms with Crippen LogP contribution < -0.4 is 10.5 Å². The van der Waals surface area contributed by atoms with Crippen molar-refractivity contribution in [1.82, 2.24) is 4.98 Å². The van der Waals surface area contributed by atoms with Crippen LogP contribution in [0.25, 0.3) is 0 Å². The molecule has 0 atom stereocenters. The molecule has 14 heavy (non-hydrogen) atoms. The van der Waals surface area contributed by atoms with Crippen LogP contribution in [0.4, 0.5) is 13.2 Å². The Labute approximate surface area is 84.5 Å². The number of hydrogen-bond donors (Lipinski definition) is 1. The first-order chi connectivity index (χ1) is 6.01. The van der Waals surface area contributed by atoms with E-state index >= 15 is 0 Å². The molecule has 0 saturated carbocycles. The van der Waals surface area contributed by atoms with Crippen molar-refractivity contribution in [2.45, 2.75) is 12.9 Å². The number of alkyl halides is 3. The van der Waals surface area contributed by atoms with Crippen LogP contribution in [-0.2, 0) is 6.54 Å². The van der Waals surface area contributed by atoms with Crippen molar-refractivity contribution >= 4 is 12.4 Å². The molecule has 1 heterocycles. The molecule has 1 rings (SSSR count). The predicted molar refractivity (Wildman–Crippen MR) is 46.1 cm³/mol. The number of nitrogens with two attached hydrogens (primary N) is 1. The quantitative estimate of drug-likeness (QED) is 0.841. The smallest absolute Gasteiger partial charge is 0.404 e. The summed E-state index contributed by atoms with van der Waals surface area (Å²) in [6.45, 7) is 0.127. The molecule has 0 radical (unpaired) electrons. The van der Waals surface area contributed by atoms with Crippen LogP contribution in [0.5, 0.6) is 5.75 Å². The Hall–Kier alpha value is -1.01. The fourth-order valence-electron chi connectivity index (χ4n) is 0.765. The number of aromatic nitrogens is 1. The van der Waals surface area contributed by atoms with Crippen molar-refractivity contribution in [1.29, 1.82) is 0 Å². The first kappa shape index (κ1) is 13.0. The zero-order valence-corrected chi connectivity index (χ0v) is 7.73. The average Bonchev–Trinajstić information content (AvgIpc) is 2.01. The Kier molecular flexibility index (Phi) is 4.65. The van der Waals surface area contributed by atoms with E-state index in [9.17, 15) is 13.2 Å². The van der Waals surface area contributed by atoms with Crippen molar-refractivity contribution in [3.63, 3.8) is 0 Å². The van der Waals surface area contributed by atoms with Crippen LogP contribution in [0.2, 0.25) is 0 Å². The van der Waals surface area contributed by atoms with Gasteiger partial charge in [-0.05, 0) is 11.6 Å². The normalized spacial score (nSPS) is 10.6. The van der Waals surface area contributed by atoms with Gasteiger partial charge in [-0.3, -0.25) is 4.98 Å². The Balaban J connectivity index is 0.00000169. The topological polar surface area (TPSA) is 48.1 Å². The van der Waals surface area contributed by atoms with E-state index in [0.29, 0.717) is 5.56 Å². The summed E-state index contributed by atoms with van der Waals surface area (Å²) >= 11 is 0. The van der Waals surface area contributed by atoms with Crippen molar-refractivity contribution < 1.29 is 17.9 Å². The monoisotopic (exact) mass is 228 g/mol. The molecule has 0 amide bonds. The molecule has 0 spiro atoms. The molecule has 0 unspecified atom stereocenters. The van der Waals surface area contributed by atoms with Crippen molar-refractivity contribution in [3.8, 4) is 5.75 Å². The van der Waals surface area contributed by atoms with Gasteiger partial charge in [-0.25, -0.2) is 0 Å². The summed E-state index contributed by atoms with van der Waals surface area (Å²) in [5.74, 6) is -0.351. The number of pyridine rings is 1. The minimum atomic E-state index is -4.69. The number of hydrogen-bond acceptors (Lipinski definition) is 3. The first-order valence-electron chi connectivity index (χ1n) is 3.41. The van der Waals surface area contributed by atoms with Gasteiger partial charge in [-0.15, -0.1) is 25.6 Å². The van der Waals surface area contributed by atoms with Gasteiger partial charge in [0.1, 0.15) is 5.75 Å². The molecule has 0 saturated heterocycles. The Morgan fingerprint density at radius 3 is 2.50 bits per heavy atom. The van der Waals surface area contributed by atoms with Crippen LogP contribution in [0.15, 0.2) is 18.5 Å². The van der Waals surface area contributed by atoms with Crippen LogP contribution in [0.3, 0.4) is 0 Å². The Morgan fingerprint density at radius 1 is 1.36 bits per heavy atom. The lowest BCUT2D eigenvalue weighted by molar-refractivity contribution is -0.274. The Morgan fingerprint density at radius 2 is 2.00 bits per heavy atom. The third-order valence-corrected chi connectivity index (χ3v) is 1.24. The summed E-state index contributed by atoms with van der Waals surface area (Å²) in [5, 5.41) is 0. The van der Waals surface area contributed by atoms with E-state index in [-0.39, 0.29) is 24.7 Å². The van der Waals surface area contributed by atoms with E-state index in [0.717, 1.165) is 6.20 Å². The van der Waals surface area contributed by atoms with Gasteiger partial charge in [0, 0.05) is 12.7 Å². The van der Waals surface area contributed by atoms with Gasteiger partial charge in [-0.2, -0.15) is 0 Å². The SMILES string of the molecule is Cl.NCc1cncc(OC(F)(F)F)c1. The first-order valence-corrected chi connectivity index (χ1v) is 3.41. The molecular weight excluding hydrogens is 221 g/mol. The number of rotatable bonds is 2. The van der Waals surface area contributed by atoms with Gasteiger partial charge in [0.2, 0.25) is 0 Å². The summed E-state index contributed by atoms with van der Waals surface area (Å²) < 4.78 is 38.7. The summed E-state index contributed by atoms with van der Waals surface area (Å²) in [6.07, 6.45) is -2.33. The second-order valence-corrected chi connectivity index (χ2v) is 2.28. The minimum absolute atomic E-state index is 0. The van der Waals surface area contributed by atoms with E-state index in [1.807, 2.05) is 0 Å². The second kappa shape index (κ2) is 5.02. The van der Waals surface area contributed by atoms with Gasteiger partial charge in [-0.1, -0.05) is 0 Å². The molecule has 0 bridgehead atoms. The molecule has 0 fully saturated rings. The number of ether oxygens (including phenoxy) is 1. The van der Waals surface area contributed by atoms with Gasteiger partial charge in [0.15, 0.2) is 0 Å². The highest BCUT2D eigenvalue weighted by Gasteiger charge is 2.31. The van der Waals surface area contributed by atoms with Crippen molar-refractivity contribution in [3.05, 3.63) is 24.0 Å². The lowest BCUT2D eigenvalue weighted by atomic mass is 10.3. The van der Waals surface area contributed by atoms with Crippen LogP contribution >= 0.6 is 12.4 Å². The van der Waals surface area contributed by atoms with Crippen LogP contribution in [-0.4, -0.2) is 11.3 Å². The largest absolute Gasteiger partial charge is 0.573 e. The van der Waals surface area contributed by atoms with E-state index in [1.165, 1.54) is 12.3 Å². The molecule has 0 aliphatic rings. The highest BCUT2D eigenvalue weighted by Crippen LogP contribution is 2.22. The molecule has 80 valence electrons. The lowest BCUT2D eigenvalue weighted by Crippen LogP contribution is -2.17. The van der Waals surface area contributed by atoms with E-state index < -0.39 is 6.36 Å². The standard InChI is InChI=1S/C7H7F3N2O.ClH/c8-7(9,10)13-6-1-5(2-11)3-12-4-6;/h1,3-4H,2,11H2;1H. The molecule has 1 aromatic rings. The van der Waals surface area contributed by atoms with E-state index in [4.69, 9.17) is 5.73 Å². The van der Waals surface area contributed by atoms with Gasteiger partial charge >= 0.3 is 6.36 Å². The predicted octanol–water partition coefficient (Wildman–Crippen LogP) is 1.86. The van der Waals surface area contributed by atoms with Gasteiger partial charge in [0.25, 0.3) is 0 Å². The third-order valence-electron chi connectivity index (χ3n) is 1.24. The molecule has 0 aliphatic carbocycles. The van der Waals surface area contributed by atoms with Crippen LogP contribution in [0, 0.1) is 0 Å². The molecular formula is C7H8ClF3N2O. The molecule has 7 heteroatoms. The average molecular weight is 229 g/mol. The number of nitrogens with zero attached hydrogens (tertiary/aromatic N) is 1. The van der Waals surface area contributed by atoms with Crippen LogP contribution in [0.1, 0.15) is 5.56 Å². The maximum Gasteiger partial charge on any atom is 0.573 e. The minimum Gasteiger partial charge on any atom is -0.404 e. The van der Waals surface area contributed by atoms with E-state index in [1.54, 1.807) is 0 Å². The highest BCUT2D eigenvalue weighted by atomic mass is 35.5. The molecule has 1 aromatic heterocycles. The maximum absolute atomic E-state index is 11.7. The number of halogens is 4. The fourth-order valence-corrected chi connectivity index (χ4v) is 0.765. The second-order valence-electron chi connectivity index (χ2n) is 2.28. The summed E-state index contributed by atoms with van der Waals surface area (Å²) in [7, 11) is 0. The molecule has 0 aliphatic heterocycles. The maximum atomic E-state index is 11.7. The molecule has 2 N–H and O–H groups in total. The Bertz CT molecular complexity index is 293. The van der Waals surface area contributed by atoms with Crippen molar-refractivity contribution in [2.75, 3.05) is 0 Å². The lowest BCUT2D eigenvalue weighted by Gasteiger charge is -2.08. The summed E-state index contributed by atoms with van der Waals surface area (Å²) in [4.78, 5) is 3.53. The summed E-state index contributed by atoms with van der Waals surface area (Å²) in [6, 6.07) is 1.19.